The summed E-state index contributed by atoms with van der Waals surface area (Å²) in [5.41, 5.74) is 13.1. The van der Waals surface area contributed by atoms with Crippen LogP contribution in [0.15, 0.2) is 60.8 Å². The van der Waals surface area contributed by atoms with E-state index in [0.717, 1.165) is 66.4 Å². The number of aryl methyl sites for hydroxylation is 2. The molecule has 10 nitrogen and oxygen atoms in total. The highest BCUT2D eigenvalue weighted by Crippen LogP contribution is 2.34. The van der Waals surface area contributed by atoms with Gasteiger partial charge in [-0.2, -0.15) is 5.10 Å². The van der Waals surface area contributed by atoms with Crippen LogP contribution in [-0.2, 0) is 19.9 Å². The van der Waals surface area contributed by atoms with Crippen molar-refractivity contribution in [1.29, 1.82) is 0 Å². The van der Waals surface area contributed by atoms with Crippen LogP contribution in [0.2, 0.25) is 0 Å². The van der Waals surface area contributed by atoms with Gasteiger partial charge in [-0.05, 0) is 55.3 Å². The Labute approximate surface area is 234 Å². The molecule has 1 atom stereocenters. The van der Waals surface area contributed by atoms with Gasteiger partial charge in [0, 0.05) is 62.9 Å². The van der Waals surface area contributed by atoms with Gasteiger partial charge < -0.3 is 26.2 Å². The molecule has 2 aromatic carbocycles. The monoisotopic (exact) mass is 537 g/mol. The van der Waals surface area contributed by atoms with Crippen LogP contribution >= 0.6 is 0 Å². The molecule has 0 bridgehead atoms. The first kappa shape index (κ1) is 26.0. The van der Waals surface area contributed by atoms with Crippen LogP contribution in [0.1, 0.15) is 33.2 Å². The van der Waals surface area contributed by atoms with Gasteiger partial charge in [0.1, 0.15) is 0 Å². The van der Waals surface area contributed by atoms with Gasteiger partial charge in [0.15, 0.2) is 5.69 Å². The first-order chi connectivity index (χ1) is 19.5. The molecule has 4 aromatic rings. The van der Waals surface area contributed by atoms with Gasteiger partial charge in [-0.25, -0.2) is 9.97 Å². The van der Waals surface area contributed by atoms with E-state index in [0.29, 0.717) is 24.6 Å². The zero-order chi connectivity index (χ0) is 27.6. The molecular weight excluding hydrogens is 502 g/mol. The number of nitrogens with two attached hydrogens (primary N) is 1. The lowest BCUT2D eigenvalue weighted by Crippen LogP contribution is -2.44. The van der Waals surface area contributed by atoms with E-state index >= 15 is 0 Å². The molecule has 1 amide bonds. The van der Waals surface area contributed by atoms with Gasteiger partial charge in [0.05, 0.1) is 17.4 Å². The van der Waals surface area contributed by atoms with Crippen molar-refractivity contribution in [1.82, 2.24) is 30.0 Å². The number of aromatic nitrogens is 4. The molecule has 1 fully saturated rings. The third-order valence-corrected chi connectivity index (χ3v) is 7.83. The fourth-order valence-corrected chi connectivity index (χ4v) is 5.54. The highest BCUT2D eigenvalue weighted by Gasteiger charge is 2.30. The number of hydrogen-bond donors (Lipinski definition) is 3. The first-order valence-corrected chi connectivity index (χ1v) is 13.8. The summed E-state index contributed by atoms with van der Waals surface area (Å²) in [4.78, 5) is 27.6. The molecule has 3 heterocycles. The number of benzene rings is 2. The third kappa shape index (κ3) is 5.15. The van der Waals surface area contributed by atoms with Gasteiger partial charge in [-0.1, -0.05) is 30.3 Å². The second-order valence-corrected chi connectivity index (χ2v) is 10.5. The van der Waals surface area contributed by atoms with Gasteiger partial charge in [-0.15, -0.1) is 0 Å². The number of hydrogen-bond acceptors (Lipinski definition) is 8. The highest BCUT2D eigenvalue weighted by molar-refractivity contribution is 5.96. The topological polar surface area (TPSA) is 117 Å². The lowest BCUT2D eigenvalue weighted by molar-refractivity contribution is 0.0931. The lowest BCUT2D eigenvalue weighted by Gasteiger charge is -2.34. The van der Waals surface area contributed by atoms with E-state index < -0.39 is 0 Å². The van der Waals surface area contributed by atoms with Crippen LogP contribution in [0.25, 0.3) is 11.4 Å². The normalized spacial score (nSPS) is 15.7. The minimum atomic E-state index is -0.289. The van der Waals surface area contributed by atoms with E-state index in [1.165, 1.54) is 5.69 Å². The summed E-state index contributed by atoms with van der Waals surface area (Å²) in [7, 11) is 4.02. The number of carbonyl (C=O) groups is 1. The highest BCUT2D eigenvalue weighted by atomic mass is 16.2. The molecule has 0 unspecified atom stereocenters. The van der Waals surface area contributed by atoms with Crippen LogP contribution in [0.3, 0.4) is 0 Å². The van der Waals surface area contributed by atoms with E-state index in [1.54, 1.807) is 4.68 Å². The summed E-state index contributed by atoms with van der Waals surface area (Å²) in [5.74, 6) is 0.283. The Balaban J connectivity index is 1.21. The molecule has 4 N–H and O–H groups in total. The average Bonchev–Trinajstić information content (AvgIpc) is 3.34. The quantitative estimate of drug-likeness (QED) is 0.330. The number of piperazine rings is 1. The number of rotatable bonds is 7. The summed E-state index contributed by atoms with van der Waals surface area (Å²) >= 11 is 0. The van der Waals surface area contributed by atoms with Crippen LogP contribution in [0.4, 0.5) is 17.3 Å². The number of nitrogens with one attached hydrogen (secondary N) is 2. The molecule has 2 aromatic heterocycles. The maximum atomic E-state index is 13.4. The number of anilines is 3. The second-order valence-electron chi connectivity index (χ2n) is 10.5. The molecule has 40 heavy (non-hydrogen) atoms. The summed E-state index contributed by atoms with van der Waals surface area (Å²) in [6.45, 7) is 4.50. The van der Waals surface area contributed by atoms with E-state index in [9.17, 15) is 4.79 Å². The zero-order valence-electron chi connectivity index (χ0n) is 23.0. The van der Waals surface area contributed by atoms with E-state index in [-0.39, 0.29) is 11.9 Å². The molecule has 1 aliphatic carbocycles. The molecule has 2 aliphatic rings. The smallest absolute Gasteiger partial charge is 0.272 e. The largest absolute Gasteiger partial charge is 0.369 e. The molecule has 0 saturated carbocycles. The Bertz CT molecular complexity index is 1490. The van der Waals surface area contributed by atoms with Gasteiger partial charge in [0.25, 0.3) is 5.91 Å². The molecular formula is C30H35N9O. The number of likely N-dealkylation sites (N-methyl/N-ethyl adjacent to an activating group) is 1. The maximum absolute atomic E-state index is 13.4. The SMILES string of the molecule is CN1CCN(c2ccc(Nc3ncc4c(n3)-c3c(c(C(=O)N[C@H](CN)c5ccccc5)nn3C)CC4)cc2)CC1. The van der Waals surface area contributed by atoms with Crippen molar-refractivity contribution >= 4 is 23.2 Å². The Morgan fingerprint density at radius 3 is 2.48 bits per heavy atom. The van der Waals surface area contributed by atoms with E-state index in [4.69, 9.17) is 10.7 Å². The predicted octanol–water partition coefficient (Wildman–Crippen LogP) is 2.90. The Kier molecular flexibility index (Phi) is 7.19. The molecule has 0 radical (unpaired) electrons. The predicted molar refractivity (Wildman–Crippen MR) is 157 cm³/mol. The van der Waals surface area contributed by atoms with Crippen molar-refractivity contribution in [2.75, 3.05) is 50.0 Å². The van der Waals surface area contributed by atoms with E-state index in [2.05, 4.69) is 61.8 Å². The molecule has 1 saturated heterocycles. The molecule has 6 rings (SSSR count). The van der Waals surface area contributed by atoms with Crippen LogP contribution in [0.5, 0.6) is 0 Å². The van der Waals surface area contributed by atoms with Crippen molar-refractivity contribution in [2.24, 2.45) is 12.8 Å². The fourth-order valence-electron chi connectivity index (χ4n) is 5.54. The molecule has 1 aliphatic heterocycles. The maximum Gasteiger partial charge on any atom is 0.272 e. The van der Waals surface area contributed by atoms with Gasteiger partial charge in [0.2, 0.25) is 5.95 Å². The third-order valence-electron chi connectivity index (χ3n) is 7.83. The van der Waals surface area contributed by atoms with Crippen LogP contribution in [-0.4, -0.2) is 70.3 Å². The zero-order valence-corrected chi connectivity index (χ0v) is 23.0. The van der Waals surface area contributed by atoms with Crippen molar-refractivity contribution < 1.29 is 4.79 Å². The number of nitrogens with zero attached hydrogens (tertiary/aromatic N) is 6. The van der Waals surface area contributed by atoms with Crippen molar-refractivity contribution in [2.45, 2.75) is 18.9 Å². The number of amides is 1. The number of fused-ring (bicyclic) bond motifs is 3. The van der Waals surface area contributed by atoms with Crippen molar-refractivity contribution in [3.05, 3.63) is 83.2 Å². The summed E-state index contributed by atoms with van der Waals surface area (Å²) in [6.07, 6.45) is 3.31. The van der Waals surface area contributed by atoms with Gasteiger partial charge >= 0.3 is 0 Å². The average molecular weight is 538 g/mol. The van der Waals surface area contributed by atoms with Crippen molar-refractivity contribution in [3.63, 3.8) is 0 Å². The summed E-state index contributed by atoms with van der Waals surface area (Å²) in [5, 5.41) is 11.0. The van der Waals surface area contributed by atoms with E-state index in [1.807, 2.05) is 43.6 Å². The fraction of sp³-hybridized carbons (Fsp3) is 0.333. The van der Waals surface area contributed by atoms with Crippen LogP contribution in [0, 0.1) is 0 Å². The Hall–Kier alpha value is -4.28. The van der Waals surface area contributed by atoms with Crippen molar-refractivity contribution in [3.8, 4) is 11.4 Å². The minimum absolute atomic E-state index is 0.229. The van der Waals surface area contributed by atoms with Gasteiger partial charge in [-0.3, -0.25) is 9.48 Å². The Morgan fingerprint density at radius 1 is 1.00 bits per heavy atom. The first-order valence-electron chi connectivity index (χ1n) is 13.8. The molecule has 206 valence electrons. The molecule has 10 heteroatoms. The van der Waals surface area contributed by atoms with Crippen LogP contribution < -0.4 is 21.3 Å². The summed E-state index contributed by atoms with van der Waals surface area (Å²) < 4.78 is 1.75. The summed E-state index contributed by atoms with van der Waals surface area (Å²) in [6, 6.07) is 17.9. The number of carbonyl (C=O) groups excluding carboxylic acids is 1. The molecule has 0 spiro atoms. The second kappa shape index (κ2) is 11.1. The Morgan fingerprint density at radius 2 is 1.75 bits per heavy atom. The standard InChI is InChI=1S/C30H35N9O/c1-37-14-16-39(17-15-37)23-11-9-22(10-12-23)33-30-32-19-21-8-13-24-27(36-38(2)28(24)26(21)35-30)29(40)34-25(18-31)20-6-4-3-5-7-20/h3-7,9-12,19,25H,8,13-18,31H2,1-2H3,(H,34,40)(H,32,33,35)/t25-/m1/s1. The lowest BCUT2D eigenvalue weighted by atomic mass is 9.93. The minimum Gasteiger partial charge on any atom is -0.369 e.